The minimum Gasteiger partial charge on any atom is -0.308 e. The van der Waals surface area contributed by atoms with Gasteiger partial charge in [0.2, 0.25) is 0 Å². The van der Waals surface area contributed by atoms with Crippen molar-refractivity contribution >= 4 is 17.4 Å². The van der Waals surface area contributed by atoms with Crippen LogP contribution in [0.5, 0.6) is 0 Å². The van der Waals surface area contributed by atoms with E-state index in [1.165, 1.54) is 6.42 Å². The van der Waals surface area contributed by atoms with Gasteiger partial charge in [-0.2, -0.15) is 0 Å². The van der Waals surface area contributed by atoms with Gasteiger partial charge in [-0.05, 0) is 25.0 Å². The van der Waals surface area contributed by atoms with Gasteiger partial charge in [-0.1, -0.05) is 30.9 Å². The van der Waals surface area contributed by atoms with Crippen LogP contribution < -0.4 is 11.3 Å². The Morgan fingerprint density at radius 2 is 1.89 bits per heavy atom. The Morgan fingerprint density at radius 3 is 2.53 bits per heavy atom. The number of aliphatic imine (C=N–C) groups is 1. The molecule has 6 heteroatoms. The number of nitrogens with zero attached hydrogens (tertiary/aromatic N) is 1. The zero-order valence-electron chi connectivity index (χ0n) is 10.4. The van der Waals surface area contributed by atoms with Crippen molar-refractivity contribution < 1.29 is 8.78 Å². The Bertz CT molecular complexity index is 485. The number of rotatable bonds is 2. The standard InChI is InChI=1S/C13H16ClF2N3/c14-10-7-11(15)9(6-12(10)16)13(19-17)18-8-4-2-1-3-5-8/h6-8H,1-5,17H2,(H,18,19). The maximum atomic E-state index is 13.8. The summed E-state index contributed by atoms with van der Waals surface area (Å²) < 4.78 is 27.2. The smallest absolute Gasteiger partial charge is 0.145 e. The van der Waals surface area contributed by atoms with Crippen molar-refractivity contribution in [1.82, 2.24) is 5.43 Å². The molecular formula is C13H16ClF2N3. The summed E-state index contributed by atoms with van der Waals surface area (Å²) in [4.78, 5) is 4.39. The molecule has 3 N–H and O–H groups in total. The average Bonchev–Trinajstić information content (AvgIpc) is 2.42. The van der Waals surface area contributed by atoms with E-state index >= 15 is 0 Å². The molecule has 1 aliphatic carbocycles. The van der Waals surface area contributed by atoms with E-state index in [9.17, 15) is 8.78 Å². The summed E-state index contributed by atoms with van der Waals surface area (Å²) in [6.45, 7) is 0. The fraction of sp³-hybridized carbons (Fsp3) is 0.462. The predicted octanol–water partition coefficient (Wildman–Crippen LogP) is 3.16. The molecule has 3 nitrogen and oxygen atoms in total. The Morgan fingerprint density at radius 1 is 1.21 bits per heavy atom. The third kappa shape index (κ3) is 3.42. The highest BCUT2D eigenvalue weighted by molar-refractivity contribution is 6.30. The lowest BCUT2D eigenvalue weighted by Gasteiger charge is -2.19. The van der Waals surface area contributed by atoms with Crippen LogP contribution >= 0.6 is 11.6 Å². The minimum atomic E-state index is -0.690. The summed E-state index contributed by atoms with van der Waals surface area (Å²) in [5.41, 5.74) is 2.36. The molecule has 1 aromatic rings. The SMILES string of the molecule is NNC(=NC1CCCCC1)c1cc(F)c(Cl)cc1F. The molecule has 0 saturated heterocycles. The summed E-state index contributed by atoms with van der Waals surface area (Å²) in [6, 6.07) is 2.05. The van der Waals surface area contributed by atoms with E-state index in [0.29, 0.717) is 0 Å². The minimum absolute atomic E-state index is 0.00923. The van der Waals surface area contributed by atoms with Gasteiger partial charge >= 0.3 is 0 Å². The van der Waals surface area contributed by atoms with E-state index < -0.39 is 11.6 Å². The number of halogens is 3. The number of hydrazine groups is 1. The molecule has 1 saturated carbocycles. The third-order valence-corrected chi connectivity index (χ3v) is 3.58. The third-order valence-electron chi connectivity index (χ3n) is 3.29. The lowest BCUT2D eigenvalue weighted by Crippen LogP contribution is -2.33. The predicted molar refractivity (Wildman–Crippen MR) is 72.1 cm³/mol. The molecule has 0 bridgehead atoms. The van der Waals surface area contributed by atoms with E-state index in [1.54, 1.807) is 0 Å². The Balaban J connectivity index is 2.30. The molecule has 104 valence electrons. The van der Waals surface area contributed by atoms with Gasteiger partial charge in [-0.15, -0.1) is 0 Å². The molecule has 0 amide bonds. The Hall–Kier alpha value is -1.20. The molecule has 0 aliphatic heterocycles. The van der Waals surface area contributed by atoms with E-state index in [1.807, 2.05) is 0 Å². The highest BCUT2D eigenvalue weighted by atomic mass is 35.5. The molecule has 0 heterocycles. The number of hydrogen-bond donors (Lipinski definition) is 2. The van der Waals surface area contributed by atoms with Crippen molar-refractivity contribution in [3.05, 3.63) is 34.4 Å². The van der Waals surface area contributed by atoms with E-state index in [4.69, 9.17) is 17.4 Å². The monoisotopic (exact) mass is 287 g/mol. The van der Waals surface area contributed by atoms with Crippen molar-refractivity contribution in [2.24, 2.45) is 10.8 Å². The highest BCUT2D eigenvalue weighted by Gasteiger charge is 2.17. The Labute approximate surface area is 115 Å². The molecule has 0 unspecified atom stereocenters. The fourth-order valence-electron chi connectivity index (χ4n) is 2.28. The molecule has 19 heavy (non-hydrogen) atoms. The molecule has 1 fully saturated rings. The molecule has 2 rings (SSSR count). The normalized spacial score (nSPS) is 17.6. The molecule has 0 spiro atoms. The summed E-state index contributed by atoms with van der Waals surface area (Å²) in [6.07, 6.45) is 5.29. The zero-order chi connectivity index (χ0) is 13.8. The van der Waals surface area contributed by atoms with Crippen molar-refractivity contribution in [3.8, 4) is 0 Å². The molecule has 0 radical (unpaired) electrons. The van der Waals surface area contributed by atoms with Crippen molar-refractivity contribution in [1.29, 1.82) is 0 Å². The van der Waals surface area contributed by atoms with Crippen LogP contribution in [0.25, 0.3) is 0 Å². The first-order valence-electron chi connectivity index (χ1n) is 6.31. The largest absolute Gasteiger partial charge is 0.308 e. The van der Waals surface area contributed by atoms with Gasteiger partial charge in [0.1, 0.15) is 17.5 Å². The summed E-state index contributed by atoms with van der Waals surface area (Å²) in [5, 5.41) is -0.254. The number of nitrogens with two attached hydrogens (primary N) is 1. The van der Waals surface area contributed by atoms with Gasteiger partial charge in [0, 0.05) is 0 Å². The quantitative estimate of drug-likeness (QED) is 0.289. The second kappa shape index (κ2) is 6.30. The molecule has 1 aliphatic rings. The summed E-state index contributed by atoms with van der Waals surface area (Å²) >= 11 is 5.52. The number of benzene rings is 1. The fourth-order valence-corrected chi connectivity index (χ4v) is 2.43. The van der Waals surface area contributed by atoms with Crippen LogP contribution in [-0.4, -0.2) is 11.9 Å². The number of nitrogens with one attached hydrogen (secondary N) is 1. The van der Waals surface area contributed by atoms with Gasteiger partial charge in [-0.3, -0.25) is 4.99 Å². The van der Waals surface area contributed by atoms with Crippen LogP contribution in [0.1, 0.15) is 37.7 Å². The maximum absolute atomic E-state index is 13.8. The average molecular weight is 288 g/mol. The lowest BCUT2D eigenvalue weighted by atomic mass is 9.96. The first kappa shape index (κ1) is 14.2. The van der Waals surface area contributed by atoms with Gasteiger partial charge in [-0.25, -0.2) is 14.6 Å². The van der Waals surface area contributed by atoms with Crippen LogP contribution in [0.2, 0.25) is 5.02 Å². The molecule has 1 aromatic carbocycles. The van der Waals surface area contributed by atoms with Crippen LogP contribution in [0.15, 0.2) is 17.1 Å². The zero-order valence-corrected chi connectivity index (χ0v) is 11.2. The van der Waals surface area contributed by atoms with Crippen LogP contribution in [-0.2, 0) is 0 Å². The molecule has 0 atom stereocenters. The lowest BCUT2D eigenvalue weighted by molar-refractivity contribution is 0.442. The molecular weight excluding hydrogens is 272 g/mol. The van der Waals surface area contributed by atoms with Crippen molar-refractivity contribution in [2.75, 3.05) is 0 Å². The van der Waals surface area contributed by atoms with Crippen LogP contribution in [0.3, 0.4) is 0 Å². The first-order valence-corrected chi connectivity index (χ1v) is 6.69. The molecule has 0 aromatic heterocycles. The van der Waals surface area contributed by atoms with E-state index in [0.717, 1.165) is 37.8 Å². The number of amidine groups is 1. The Kier molecular flexibility index (Phi) is 4.71. The van der Waals surface area contributed by atoms with Crippen LogP contribution in [0.4, 0.5) is 8.78 Å². The first-order chi connectivity index (χ1) is 9.11. The van der Waals surface area contributed by atoms with E-state index in [2.05, 4.69) is 10.4 Å². The van der Waals surface area contributed by atoms with Gasteiger partial charge in [0.15, 0.2) is 0 Å². The number of hydrogen-bond acceptors (Lipinski definition) is 2. The van der Waals surface area contributed by atoms with Crippen molar-refractivity contribution in [3.63, 3.8) is 0 Å². The van der Waals surface area contributed by atoms with Gasteiger partial charge in [0.25, 0.3) is 0 Å². The van der Waals surface area contributed by atoms with Gasteiger partial charge in [0.05, 0.1) is 16.6 Å². The second-order valence-electron chi connectivity index (χ2n) is 4.66. The topological polar surface area (TPSA) is 50.4 Å². The summed E-state index contributed by atoms with van der Waals surface area (Å²) in [5.74, 6) is 4.21. The van der Waals surface area contributed by atoms with Crippen LogP contribution in [0, 0.1) is 11.6 Å². The van der Waals surface area contributed by atoms with Gasteiger partial charge < -0.3 is 5.43 Å². The maximum Gasteiger partial charge on any atom is 0.145 e. The van der Waals surface area contributed by atoms with E-state index in [-0.39, 0.29) is 22.5 Å². The highest BCUT2D eigenvalue weighted by Crippen LogP contribution is 2.23. The second-order valence-corrected chi connectivity index (χ2v) is 5.07. The summed E-state index contributed by atoms with van der Waals surface area (Å²) in [7, 11) is 0. The van der Waals surface area contributed by atoms with Crippen molar-refractivity contribution in [2.45, 2.75) is 38.1 Å².